The third-order valence-electron chi connectivity index (χ3n) is 3.60. The third kappa shape index (κ3) is 3.18. The molecule has 1 heterocycles. The van der Waals surface area contributed by atoms with Crippen molar-refractivity contribution in [2.24, 2.45) is 0 Å². The number of hydrogen-bond acceptors (Lipinski definition) is 3. The van der Waals surface area contributed by atoms with E-state index in [2.05, 4.69) is 5.32 Å². The maximum Gasteiger partial charge on any atom is 0.335 e. The van der Waals surface area contributed by atoms with Gasteiger partial charge in [-0.1, -0.05) is 18.2 Å². The Morgan fingerprint density at radius 2 is 1.74 bits per heavy atom. The molecule has 1 aliphatic rings. The van der Waals surface area contributed by atoms with Crippen LogP contribution in [0.3, 0.4) is 0 Å². The summed E-state index contributed by atoms with van der Waals surface area (Å²) < 4.78 is 0. The smallest absolute Gasteiger partial charge is 0.335 e. The summed E-state index contributed by atoms with van der Waals surface area (Å²) in [6, 6.07) is 11.4. The van der Waals surface area contributed by atoms with E-state index in [9.17, 15) is 14.4 Å². The van der Waals surface area contributed by atoms with E-state index in [1.807, 2.05) is 0 Å². The van der Waals surface area contributed by atoms with E-state index in [4.69, 9.17) is 5.11 Å². The lowest BCUT2D eigenvalue weighted by atomic mass is 10.0. The second kappa shape index (κ2) is 5.88. The number of hydrogen-bond donors (Lipinski definition) is 2. The van der Waals surface area contributed by atoms with E-state index in [-0.39, 0.29) is 23.7 Å². The number of carboxylic acid groups (broad SMARTS) is 1. The number of carbonyl (C=O) groups is 3. The molecule has 2 aromatic carbocycles. The number of nitrogens with one attached hydrogen (secondary N) is 1. The zero-order chi connectivity index (χ0) is 16.4. The fraction of sp³-hybridized carbons (Fsp3) is 0.0556. The van der Waals surface area contributed by atoms with Crippen LogP contribution in [-0.4, -0.2) is 22.8 Å². The molecular formula is C18H13NO4. The molecule has 5 nitrogen and oxygen atoms in total. The van der Waals surface area contributed by atoms with E-state index >= 15 is 0 Å². The zero-order valence-corrected chi connectivity index (χ0v) is 12.1. The molecule has 0 radical (unpaired) electrons. The molecule has 0 fully saturated rings. The normalized spacial score (nSPS) is 13.0. The molecule has 0 aromatic heterocycles. The minimum absolute atomic E-state index is 0.0707. The monoisotopic (exact) mass is 307 g/mol. The van der Waals surface area contributed by atoms with Crippen molar-refractivity contribution in [3.05, 3.63) is 70.8 Å². The van der Waals surface area contributed by atoms with Crippen molar-refractivity contribution in [3.63, 3.8) is 0 Å². The molecule has 0 saturated heterocycles. The number of carbonyl (C=O) groups excluding carboxylic acids is 2. The predicted octanol–water partition coefficient (Wildman–Crippen LogP) is 2.78. The van der Waals surface area contributed by atoms with E-state index in [0.717, 1.165) is 16.8 Å². The number of ketones is 1. The first-order valence-electron chi connectivity index (χ1n) is 7.01. The Hall–Kier alpha value is -3.21. The van der Waals surface area contributed by atoms with Crippen LogP contribution >= 0.6 is 0 Å². The van der Waals surface area contributed by atoms with Gasteiger partial charge >= 0.3 is 5.97 Å². The van der Waals surface area contributed by atoms with Gasteiger partial charge in [-0.25, -0.2) is 4.79 Å². The van der Waals surface area contributed by atoms with E-state index in [0.29, 0.717) is 5.56 Å². The Kier molecular flexibility index (Phi) is 3.76. The molecule has 1 amide bonds. The fourth-order valence-corrected chi connectivity index (χ4v) is 2.39. The molecule has 0 aliphatic carbocycles. The Morgan fingerprint density at radius 3 is 2.43 bits per heavy atom. The average Bonchev–Trinajstić information content (AvgIpc) is 2.92. The van der Waals surface area contributed by atoms with Gasteiger partial charge in [0, 0.05) is 11.3 Å². The van der Waals surface area contributed by atoms with Crippen molar-refractivity contribution >= 4 is 29.4 Å². The Bertz CT molecular complexity index is 835. The van der Waals surface area contributed by atoms with Gasteiger partial charge in [-0.3, -0.25) is 9.59 Å². The number of carboxylic acids is 1. The predicted molar refractivity (Wildman–Crippen MR) is 85.5 cm³/mol. The highest BCUT2D eigenvalue weighted by atomic mass is 16.4. The number of amides is 1. The van der Waals surface area contributed by atoms with Crippen molar-refractivity contribution in [2.75, 3.05) is 5.32 Å². The lowest BCUT2D eigenvalue weighted by molar-refractivity contribution is -0.115. The number of fused-ring (bicyclic) bond motifs is 1. The first-order chi connectivity index (χ1) is 11.0. The largest absolute Gasteiger partial charge is 0.478 e. The first-order valence-corrected chi connectivity index (χ1v) is 7.01. The van der Waals surface area contributed by atoms with Crippen molar-refractivity contribution in [1.29, 1.82) is 0 Å². The highest BCUT2D eigenvalue weighted by Gasteiger charge is 2.18. The molecular weight excluding hydrogens is 294 g/mol. The highest BCUT2D eigenvalue weighted by Crippen LogP contribution is 2.24. The van der Waals surface area contributed by atoms with Crippen LogP contribution in [0.1, 0.15) is 31.8 Å². The molecule has 1 aliphatic heterocycles. The lowest BCUT2D eigenvalue weighted by Crippen LogP contribution is -2.03. The SMILES string of the molecule is O=C1Cc2cc(C(=O)/C=C/c3ccc(C(=O)O)cc3)ccc2N1. The summed E-state index contributed by atoms with van der Waals surface area (Å²) >= 11 is 0. The van der Waals surface area contributed by atoms with E-state index < -0.39 is 5.97 Å². The van der Waals surface area contributed by atoms with Gasteiger partial charge < -0.3 is 10.4 Å². The van der Waals surface area contributed by atoms with Crippen LogP contribution < -0.4 is 5.32 Å². The van der Waals surface area contributed by atoms with Gasteiger partial charge in [-0.05, 0) is 47.5 Å². The van der Waals surface area contributed by atoms with Crippen molar-refractivity contribution in [3.8, 4) is 0 Å². The van der Waals surface area contributed by atoms with Gasteiger partial charge in [0.1, 0.15) is 0 Å². The number of aromatic carboxylic acids is 1. The molecule has 114 valence electrons. The van der Waals surface area contributed by atoms with Crippen molar-refractivity contribution in [1.82, 2.24) is 0 Å². The maximum absolute atomic E-state index is 12.2. The number of anilines is 1. The summed E-state index contributed by atoms with van der Waals surface area (Å²) in [6.07, 6.45) is 3.35. The standard InChI is InChI=1S/C18H13NO4/c20-16(8-3-11-1-4-12(5-2-11)18(22)23)13-6-7-15-14(9-13)10-17(21)19-15/h1-9H,10H2,(H,19,21)(H,22,23)/b8-3+. The van der Waals surface area contributed by atoms with Crippen LogP contribution in [0.25, 0.3) is 6.08 Å². The second-order valence-corrected chi connectivity index (χ2v) is 5.22. The van der Waals surface area contributed by atoms with Gasteiger partial charge in [0.05, 0.1) is 12.0 Å². The van der Waals surface area contributed by atoms with Gasteiger partial charge in [0.2, 0.25) is 5.91 Å². The summed E-state index contributed by atoms with van der Waals surface area (Å²) in [4.78, 5) is 34.3. The summed E-state index contributed by atoms with van der Waals surface area (Å²) in [7, 11) is 0. The highest BCUT2D eigenvalue weighted by molar-refractivity contribution is 6.08. The molecule has 0 saturated carbocycles. The summed E-state index contributed by atoms with van der Waals surface area (Å²) in [6.45, 7) is 0. The maximum atomic E-state index is 12.2. The van der Waals surface area contributed by atoms with Crippen molar-refractivity contribution in [2.45, 2.75) is 6.42 Å². The number of allylic oxidation sites excluding steroid dienone is 1. The Morgan fingerprint density at radius 1 is 1.04 bits per heavy atom. The van der Waals surface area contributed by atoms with E-state index in [1.165, 1.54) is 18.2 Å². The molecule has 0 unspecified atom stereocenters. The molecule has 2 aromatic rings. The van der Waals surface area contributed by atoms with E-state index in [1.54, 1.807) is 36.4 Å². The minimum Gasteiger partial charge on any atom is -0.478 e. The minimum atomic E-state index is -0.988. The van der Waals surface area contributed by atoms with Crippen LogP contribution in [-0.2, 0) is 11.2 Å². The fourth-order valence-electron chi connectivity index (χ4n) is 2.39. The van der Waals surface area contributed by atoms with Gasteiger partial charge in [-0.2, -0.15) is 0 Å². The van der Waals surface area contributed by atoms with Gasteiger partial charge in [-0.15, -0.1) is 0 Å². The Balaban J connectivity index is 1.75. The molecule has 5 heteroatoms. The number of rotatable bonds is 4. The van der Waals surface area contributed by atoms with Gasteiger partial charge in [0.25, 0.3) is 0 Å². The molecule has 3 rings (SSSR count). The van der Waals surface area contributed by atoms with Crippen LogP contribution in [0.2, 0.25) is 0 Å². The summed E-state index contributed by atoms with van der Waals surface area (Å²) in [5.74, 6) is -1.23. The van der Waals surface area contributed by atoms with Crippen LogP contribution in [0.4, 0.5) is 5.69 Å². The average molecular weight is 307 g/mol. The summed E-state index contributed by atoms with van der Waals surface area (Å²) in [5.41, 5.74) is 3.02. The second-order valence-electron chi connectivity index (χ2n) is 5.22. The third-order valence-corrected chi connectivity index (χ3v) is 3.60. The zero-order valence-electron chi connectivity index (χ0n) is 12.1. The molecule has 0 spiro atoms. The topological polar surface area (TPSA) is 83.5 Å². The first kappa shape index (κ1) is 14.7. The van der Waals surface area contributed by atoms with Crippen LogP contribution in [0.15, 0.2) is 48.5 Å². The Labute approximate surface area is 132 Å². The van der Waals surface area contributed by atoms with Crippen LogP contribution in [0, 0.1) is 0 Å². The molecule has 0 atom stereocenters. The quantitative estimate of drug-likeness (QED) is 0.672. The van der Waals surface area contributed by atoms with Crippen LogP contribution in [0.5, 0.6) is 0 Å². The molecule has 2 N–H and O–H groups in total. The summed E-state index contributed by atoms with van der Waals surface area (Å²) in [5, 5.41) is 11.6. The molecule has 23 heavy (non-hydrogen) atoms. The lowest BCUT2D eigenvalue weighted by Gasteiger charge is -2.01. The number of benzene rings is 2. The molecule has 0 bridgehead atoms. The van der Waals surface area contributed by atoms with Gasteiger partial charge in [0.15, 0.2) is 5.78 Å². The van der Waals surface area contributed by atoms with Crippen molar-refractivity contribution < 1.29 is 19.5 Å².